The Bertz CT molecular complexity index is 685. The smallest absolute Gasteiger partial charge is 0.230 e. The van der Waals surface area contributed by atoms with Gasteiger partial charge >= 0.3 is 0 Å². The molecule has 0 radical (unpaired) electrons. The third-order valence-electron chi connectivity index (χ3n) is 3.96. The normalized spacial score (nSPS) is 12.0. The summed E-state index contributed by atoms with van der Waals surface area (Å²) in [6.45, 7) is 6.23. The molecule has 0 heterocycles. The van der Waals surface area contributed by atoms with Gasteiger partial charge in [-0.2, -0.15) is 0 Å². The van der Waals surface area contributed by atoms with Crippen LogP contribution in [-0.2, 0) is 10.5 Å². The number of hydrogen-bond donors (Lipinski definition) is 1. The number of amides is 1. The fourth-order valence-corrected chi connectivity index (χ4v) is 3.49. The van der Waals surface area contributed by atoms with E-state index in [0.717, 1.165) is 12.0 Å². The number of carbonyl (C=O) groups is 1. The maximum Gasteiger partial charge on any atom is 0.230 e. The van der Waals surface area contributed by atoms with Gasteiger partial charge in [0.1, 0.15) is 5.82 Å². The third-order valence-corrected chi connectivity index (χ3v) is 4.96. The fraction of sp³-hybridized carbons (Fsp3) is 0.350. The Morgan fingerprint density at radius 1 is 1.17 bits per heavy atom. The van der Waals surface area contributed by atoms with Gasteiger partial charge in [0, 0.05) is 5.75 Å². The molecule has 0 aliphatic rings. The molecule has 1 amide bonds. The van der Waals surface area contributed by atoms with Gasteiger partial charge in [0.05, 0.1) is 11.8 Å². The zero-order chi connectivity index (χ0) is 17.5. The molecular formula is C20H24FNOS. The van der Waals surface area contributed by atoms with Crippen molar-refractivity contribution in [3.05, 3.63) is 70.5 Å². The van der Waals surface area contributed by atoms with Crippen molar-refractivity contribution in [2.45, 2.75) is 39.0 Å². The first-order chi connectivity index (χ1) is 11.5. The number of aryl methyl sites for hydroxylation is 2. The maximum absolute atomic E-state index is 12.9. The van der Waals surface area contributed by atoms with Gasteiger partial charge < -0.3 is 5.32 Å². The summed E-state index contributed by atoms with van der Waals surface area (Å²) >= 11 is 1.54. The Kier molecular flexibility index (Phi) is 6.85. The van der Waals surface area contributed by atoms with Crippen LogP contribution in [0.4, 0.5) is 4.39 Å². The average Bonchev–Trinajstić information content (AvgIpc) is 2.55. The summed E-state index contributed by atoms with van der Waals surface area (Å²) in [7, 11) is 0. The number of thioether (sulfide) groups is 1. The van der Waals surface area contributed by atoms with Crippen LogP contribution in [0.3, 0.4) is 0 Å². The van der Waals surface area contributed by atoms with Crippen LogP contribution in [0.5, 0.6) is 0 Å². The highest BCUT2D eigenvalue weighted by Crippen LogP contribution is 2.22. The highest BCUT2D eigenvalue weighted by Gasteiger charge is 2.14. The van der Waals surface area contributed by atoms with Crippen molar-refractivity contribution in [2.24, 2.45) is 0 Å². The number of halogens is 1. The van der Waals surface area contributed by atoms with Crippen molar-refractivity contribution >= 4 is 17.7 Å². The van der Waals surface area contributed by atoms with Gasteiger partial charge in [0.2, 0.25) is 5.91 Å². The van der Waals surface area contributed by atoms with Gasteiger partial charge in [0.25, 0.3) is 0 Å². The number of rotatable bonds is 7. The van der Waals surface area contributed by atoms with Crippen molar-refractivity contribution < 1.29 is 9.18 Å². The van der Waals surface area contributed by atoms with E-state index in [0.29, 0.717) is 11.5 Å². The van der Waals surface area contributed by atoms with Crippen LogP contribution >= 0.6 is 11.8 Å². The van der Waals surface area contributed by atoms with E-state index in [4.69, 9.17) is 0 Å². The Hall–Kier alpha value is -1.81. The topological polar surface area (TPSA) is 29.1 Å². The predicted molar refractivity (Wildman–Crippen MR) is 99.7 cm³/mol. The molecule has 2 aromatic carbocycles. The molecule has 2 rings (SSSR count). The summed E-state index contributed by atoms with van der Waals surface area (Å²) in [5, 5.41) is 3.12. The fourth-order valence-electron chi connectivity index (χ4n) is 2.69. The molecule has 0 unspecified atom stereocenters. The Morgan fingerprint density at radius 3 is 2.50 bits per heavy atom. The first kappa shape index (κ1) is 18.5. The van der Waals surface area contributed by atoms with Crippen LogP contribution in [0.1, 0.15) is 41.6 Å². The van der Waals surface area contributed by atoms with E-state index in [2.05, 4.69) is 44.3 Å². The van der Waals surface area contributed by atoms with Gasteiger partial charge in [-0.1, -0.05) is 42.8 Å². The highest BCUT2D eigenvalue weighted by molar-refractivity contribution is 7.99. The molecule has 128 valence electrons. The quantitative estimate of drug-likeness (QED) is 0.770. The van der Waals surface area contributed by atoms with Crippen molar-refractivity contribution in [2.75, 3.05) is 5.75 Å². The number of hydrogen-bond acceptors (Lipinski definition) is 2. The maximum atomic E-state index is 12.9. The van der Waals surface area contributed by atoms with E-state index in [1.54, 1.807) is 23.9 Å². The Labute approximate surface area is 147 Å². The molecule has 0 aliphatic heterocycles. The molecule has 0 saturated carbocycles. The second kappa shape index (κ2) is 8.88. The van der Waals surface area contributed by atoms with Crippen LogP contribution in [0, 0.1) is 19.7 Å². The summed E-state index contributed by atoms with van der Waals surface area (Å²) < 4.78 is 12.9. The van der Waals surface area contributed by atoms with E-state index in [1.165, 1.54) is 28.8 Å². The summed E-state index contributed by atoms with van der Waals surface area (Å²) in [6, 6.07) is 12.8. The summed E-state index contributed by atoms with van der Waals surface area (Å²) in [4.78, 5) is 12.2. The van der Waals surface area contributed by atoms with E-state index in [9.17, 15) is 9.18 Å². The van der Waals surface area contributed by atoms with Gasteiger partial charge in [0.15, 0.2) is 0 Å². The standard InChI is InChI=1S/C20H24FNOS/c1-4-19(18-10-5-14(2)11-15(18)3)22-20(23)13-24-12-16-6-8-17(21)9-7-16/h5-11,19H,4,12-13H2,1-3H3,(H,22,23)/t19-/m1/s1. The minimum absolute atomic E-state index is 0.0361. The van der Waals surface area contributed by atoms with Gasteiger partial charge in [-0.3, -0.25) is 4.79 Å². The molecule has 0 saturated heterocycles. The van der Waals surface area contributed by atoms with Crippen molar-refractivity contribution in [1.82, 2.24) is 5.32 Å². The highest BCUT2D eigenvalue weighted by atomic mass is 32.2. The molecular weight excluding hydrogens is 321 g/mol. The predicted octanol–water partition coefficient (Wildman–Crippen LogP) is 4.94. The van der Waals surface area contributed by atoms with Gasteiger partial charge in [-0.15, -0.1) is 11.8 Å². The molecule has 0 spiro atoms. The summed E-state index contributed by atoms with van der Waals surface area (Å²) in [5.74, 6) is 0.905. The van der Waals surface area contributed by atoms with Crippen molar-refractivity contribution in [3.8, 4) is 0 Å². The molecule has 1 N–H and O–H groups in total. The number of carbonyl (C=O) groups excluding carboxylic acids is 1. The summed E-state index contributed by atoms with van der Waals surface area (Å²) in [5.41, 5.74) is 4.64. The lowest BCUT2D eigenvalue weighted by Gasteiger charge is -2.20. The van der Waals surface area contributed by atoms with Crippen molar-refractivity contribution in [1.29, 1.82) is 0 Å². The van der Waals surface area contributed by atoms with Crippen LogP contribution in [-0.4, -0.2) is 11.7 Å². The SMILES string of the molecule is CC[C@@H](NC(=O)CSCc1ccc(F)cc1)c1ccc(C)cc1C. The largest absolute Gasteiger partial charge is 0.349 e. The van der Waals surface area contributed by atoms with E-state index in [1.807, 2.05) is 0 Å². The van der Waals surface area contributed by atoms with Gasteiger partial charge in [-0.05, 0) is 49.1 Å². The first-order valence-electron chi connectivity index (χ1n) is 8.18. The molecule has 24 heavy (non-hydrogen) atoms. The Morgan fingerprint density at radius 2 is 1.88 bits per heavy atom. The Balaban J connectivity index is 1.86. The van der Waals surface area contributed by atoms with Crippen molar-refractivity contribution in [3.63, 3.8) is 0 Å². The van der Waals surface area contributed by atoms with Crippen LogP contribution in [0.2, 0.25) is 0 Å². The number of nitrogens with one attached hydrogen (secondary N) is 1. The second-order valence-electron chi connectivity index (χ2n) is 6.01. The molecule has 4 heteroatoms. The zero-order valence-corrected chi connectivity index (χ0v) is 15.3. The minimum Gasteiger partial charge on any atom is -0.349 e. The molecule has 0 aromatic heterocycles. The molecule has 2 nitrogen and oxygen atoms in total. The summed E-state index contributed by atoms with van der Waals surface area (Å²) in [6.07, 6.45) is 0.859. The van der Waals surface area contributed by atoms with Crippen LogP contribution in [0.15, 0.2) is 42.5 Å². The van der Waals surface area contributed by atoms with E-state index >= 15 is 0 Å². The molecule has 0 bridgehead atoms. The molecule has 2 aromatic rings. The lowest BCUT2D eigenvalue weighted by atomic mass is 9.97. The third kappa shape index (κ3) is 5.38. The van der Waals surface area contributed by atoms with Crippen LogP contribution in [0.25, 0.3) is 0 Å². The average molecular weight is 345 g/mol. The van der Waals surface area contributed by atoms with E-state index < -0.39 is 0 Å². The monoisotopic (exact) mass is 345 g/mol. The number of benzene rings is 2. The minimum atomic E-state index is -0.235. The molecule has 0 fully saturated rings. The van der Waals surface area contributed by atoms with Crippen LogP contribution < -0.4 is 5.32 Å². The van der Waals surface area contributed by atoms with E-state index in [-0.39, 0.29) is 17.8 Å². The zero-order valence-electron chi connectivity index (χ0n) is 14.4. The lowest BCUT2D eigenvalue weighted by Crippen LogP contribution is -2.30. The molecule has 0 aliphatic carbocycles. The first-order valence-corrected chi connectivity index (χ1v) is 9.33. The second-order valence-corrected chi connectivity index (χ2v) is 6.99. The molecule has 1 atom stereocenters. The lowest BCUT2D eigenvalue weighted by molar-refractivity contribution is -0.119. The van der Waals surface area contributed by atoms with Gasteiger partial charge in [-0.25, -0.2) is 4.39 Å².